The molecule has 0 bridgehead atoms. The standard InChI is InChI=1S/C51H33N/c1-4-16-34(17-5-1)47-33-48(52-51(36-20-8-3-9-21-36)49(47)35-18-6-2-7-19-35)43-27-13-10-24-39(43)37-22-14-23-38(32-37)40-30-31-46-42-26-12-11-25-41(42)45-29-15-28-44(40)50(45)46/h1-33H. The van der Waals surface area contributed by atoms with Crippen LogP contribution in [-0.4, -0.2) is 4.98 Å². The summed E-state index contributed by atoms with van der Waals surface area (Å²) in [5.41, 5.74) is 18.8. The number of rotatable bonds is 6. The predicted molar refractivity (Wildman–Crippen MR) is 219 cm³/mol. The molecule has 0 amide bonds. The minimum Gasteiger partial charge on any atom is -0.247 e. The lowest BCUT2D eigenvalue weighted by Gasteiger charge is -2.19. The summed E-state index contributed by atoms with van der Waals surface area (Å²) in [5.74, 6) is 0. The fourth-order valence-corrected chi connectivity index (χ4v) is 8.10. The Morgan fingerprint density at radius 1 is 0.269 bits per heavy atom. The van der Waals surface area contributed by atoms with Gasteiger partial charge in [0, 0.05) is 16.7 Å². The van der Waals surface area contributed by atoms with E-state index in [1.165, 1.54) is 44.2 Å². The smallest absolute Gasteiger partial charge is 0.0794 e. The van der Waals surface area contributed by atoms with Gasteiger partial charge in [-0.05, 0) is 84.1 Å². The van der Waals surface area contributed by atoms with E-state index in [0.717, 1.165) is 55.9 Å². The fourth-order valence-electron chi connectivity index (χ4n) is 8.10. The van der Waals surface area contributed by atoms with E-state index in [9.17, 15) is 0 Å². The first-order chi connectivity index (χ1) is 25.8. The zero-order valence-electron chi connectivity index (χ0n) is 28.5. The normalized spacial score (nSPS) is 11.5. The highest BCUT2D eigenvalue weighted by Crippen LogP contribution is 2.49. The summed E-state index contributed by atoms with van der Waals surface area (Å²) in [4.78, 5) is 5.53. The van der Waals surface area contributed by atoms with Crippen LogP contribution >= 0.6 is 0 Å². The van der Waals surface area contributed by atoms with Gasteiger partial charge in [0.25, 0.3) is 0 Å². The molecule has 9 aromatic rings. The van der Waals surface area contributed by atoms with E-state index in [1.807, 2.05) is 0 Å². The summed E-state index contributed by atoms with van der Waals surface area (Å²) in [6.45, 7) is 0. The van der Waals surface area contributed by atoms with Crippen LogP contribution in [0.3, 0.4) is 0 Å². The van der Waals surface area contributed by atoms with Crippen LogP contribution in [-0.2, 0) is 0 Å². The van der Waals surface area contributed by atoms with Gasteiger partial charge >= 0.3 is 0 Å². The second-order valence-electron chi connectivity index (χ2n) is 13.4. The van der Waals surface area contributed by atoms with Crippen molar-refractivity contribution in [2.24, 2.45) is 0 Å². The van der Waals surface area contributed by atoms with E-state index in [-0.39, 0.29) is 0 Å². The average molecular weight is 660 g/mol. The van der Waals surface area contributed by atoms with Crippen molar-refractivity contribution in [2.45, 2.75) is 0 Å². The van der Waals surface area contributed by atoms with E-state index in [2.05, 4.69) is 200 Å². The van der Waals surface area contributed by atoms with Gasteiger partial charge < -0.3 is 0 Å². The van der Waals surface area contributed by atoms with Crippen molar-refractivity contribution >= 4 is 10.8 Å². The largest absolute Gasteiger partial charge is 0.247 e. The molecule has 52 heavy (non-hydrogen) atoms. The number of nitrogens with zero attached hydrogens (tertiary/aromatic N) is 1. The SMILES string of the molecule is c1ccc(-c2cc(-c3ccccc3-c3cccc(-c4ccc5c6c(cccc46)-c4ccccc4-5)c3)nc(-c3ccccc3)c2-c2ccccc2)cc1. The summed E-state index contributed by atoms with van der Waals surface area (Å²) in [7, 11) is 0. The Labute approximate surface area is 304 Å². The molecule has 1 aliphatic carbocycles. The second kappa shape index (κ2) is 12.5. The molecule has 0 spiro atoms. The summed E-state index contributed by atoms with van der Waals surface area (Å²) in [6.07, 6.45) is 0. The Morgan fingerprint density at radius 3 is 1.44 bits per heavy atom. The molecule has 1 heterocycles. The monoisotopic (exact) mass is 659 g/mol. The molecule has 8 aromatic carbocycles. The first-order valence-corrected chi connectivity index (χ1v) is 17.9. The molecule has 1 nitrogen and oxygen atoms in total. The van der Waals surface area contributed by atoms with Gasteiger partial charge in [0.05, 0.1) is 11.4 Å². The number of aromatic nitrogens is 1. The Balaban J connectivity index is 1.16. The van der Waals surface area contributed by atoms with Gasteiger partial charge in [-0.3, -0.25) is 0 Å². The molecule has 0 fully saturated rings. The van der Waals surface area contributed by atoms with Crippen LogP contribution in [0.25, 0.3) is 100 Å². The molecule has 0 aliphatic heterocycles. The summed E-state index contributed by atoms with van der Waals surface area (Å²) >= 11 is 0. The van der Waals surface area contributed by atoms with E-state index in [0.29, 0.717) is 0 Å². The van der Waals surface area contributed by atoms with Gasteiger partial charge in [0.2, 0.25) is 0 Å². The Morgan fingerprint density at radius 2 is 0.750 bits per heavy atom. The van der Waals surface area contributed by atoms with E-state index >= 15 is 0 Å². The Bertz CT molecular complexity index is 2670. The molecule has 0 N–H and O–H groups in total. The number of benzene rings is 8. The quantitative estimate of drug-likeness (QED) is 0.173. The van der Waals surface area contributed by atoms with Crippen LogP contribution in [0.15, 0.2) is 200 Å². The number of hydrogen-bond donors (Lipinski definition) is 0. The molecule has 0 radical (unpaired) electrons. The van der Waals surface area contributed by atoms with Crippen molar-refractivity contribution in [1.82, 2.24) is 4.98 Å². The molecule has 10 rings (SSSR count). The van der Waals surface area contributed by atoms with Gasteiger partial charge in [-0.25, -0.2) is 4.98 Å². The lowest BCUT2D eigenvalue weighted by Crippen LogP contribution is -1.98. The van der Waals surface area contributed by atoms with Crippen molar-refractivity contribution in [3.8, 4) is 89.3 Å². The maximum atomic E-state index is 5.53. The van der Waals surface area contributed by atoms with Gasteiger partial charge in [0.15, 0.2) is 0 Å². The minimum absolute atomic E-state index is 0.946. The highest BCUT2D eigenvalue weighted by Gasteiger charge is 2.23. The molecule has 1 aromatic heterocycles. The van der Waals surface area contributed by atoms with Crippen molar-refractivity contribution in [3.63, 3.8) is 0 Å². The summed E-state index contributed by atoms with van der Waals surface area (Å²) < 4.78 is 0. The zero-order valence-corrected chi connectivity index (χ0v) is 28.5. The van der Waals surface area contributed by atoms with Crippen LogP contribution in [0.1, 0.15) is 0 Å². The first-order valence-electron chi connectivity index (χ1n) is 17.9. The molecule has 0 saturated carbocycles. The van der Waals surface area contributed by atoms with Crippen molar-refractivity contribution < 1.29 is 0 Å². The van der Waals surface area contributed by atoms with Crippen LogP contribution in [0.2, 0.25) is 0 Å². The van der Waals surface area contributed by atoms with Crippen LogP contribution in [0.4, 0.5) is 0 Å². The maximum Gasteiger partial charge on any atom is 0.0794 e. The topological polar surface area (TPSA) is 12.9 Å². The van der Waals surface area contributed by atoms with Crippen molar-refractivity contribution in [1.29, 1.82) is 0 Å². The van der Waals surface area contributed by atoms with E-state index in [1.54, 1.807) is 0 Å². The number of hydrogen-bond acceptors (Lipinski definition) is 1. The summed E-state index contributed by atoms with van der Waals surface area (Å²) in [6, 6.07) is 72.1. The van der Waals surface area contributed by atoms with E-state index < -0.39 is 0 Å². The first kappa shape index (κ1) is 30.0. The molecule has 0 atom stereocenters. The van der Waals surface area contributed by atoms with Gasteiger partial charge in [-0.15, -0.1) is 0 Å². The highest BCUT2D eigenvalue weighted by atomic mass is 14.7. The molecule has 1 aliphatic rings. The Kier molecular flexibility index (Phi) is 7.22. The Hall–Kier alpha value is -6.83. The van der Waals surface area contributed by atoms with Crippen LogP contribution in [0.5, 0.6) is 0 Å². The van der Waals surface area contributed by atoms with Gasteiger partial charge in [0.1, 0.15) is 0 Å². The molecular weight excluding hydrogens is 627 g/mol. The van der Waals surface area contributed by atoms with Crippen LogP contribution in [0, 0.1) is 0 Å². The molecule has 242 valence electrons. The van der Waals surface area contributed by atoms with Crippen molar-refractivity contribution in [2.75, 3.05) is 0 Å². The highest BCUT2D eigenvalue weighted by molar-refractivity contribution is 6.18. The predicted octanol–water partition coefficient (Wildman–Crippen LogP) is 13.9. The maximum absolute atomic E-state index is 5.53. The fraction of sp³-hybridized carbons (Fsp3) is 0. The molecular formula is C51H33N. The number of fused-ring (bicyclic) bond motifs is 3. The third-order valence-electron chi connectivity index (χ3n) is 10.4. The van der Waals surface area contributed by atoms with Gasteiger partial charge in [-0.1, -0.05) is 188 Å². The zero-order chi connectivity index (χ0) is 34.4. The average Bonchev–Trinajstić information content (AvgIpc) is 3.56. The lowest BCUT2D eigenvalue weighted by molar-refractivity contribution is 1.32. The van der Waals surface area contributed by atoms with Crippen molar-refractivity contribution in [3.05, 3.63) is 200 Å². The summed E-state index contributed by atoms with van der Waals surface area (Å²) in [5, 5.41) is 2.63. The molecule has 0 saturated heterocycles. The molecule has 0 unspecified atom stereocenters. The second-order valence-corrected chi connectivity index (χ2v) is 13.4. The van der Waals surface area contributed by atoms with Gasteiger partial charge in [-0.2, -0.15) is 0 Å². The number of pyridine rings is 1. The van der Waals surface area contributed by atoms with E-state index in [4.69, 9.17) is 4.98 Å². The third kappa shape index (κ3) is 4.98. The lowest BCUT2D eigenvalue weighted by atomic mass is 9.88. The molecule has 1 heteroatoms. The minimum atomic E-state index is 0.946. The van der Waals surface area contributed by atoms with Crippen LogP contribution < -0.4 is 0 Å². The third-order valence-corrected chi connectivity index (χ3v) is 10.4.